The van der Waals surface area contributed by atoms with E-state index >= 15 is 0 Å². The van der Waals surface area contributed by atoms with Gasteiger partial charge in [-0.3, -0.25) is 10.1 Å². The lowest BCUT2D eigenvalue weighted by Gasteiger charge is -2.19. The lowest BCUT2D eigenvalue weighted by molar-refractivity contribution is -0.121. The van der Waals surface area contributed by atoms with Crippen molar-refractivity contribution >= 4 is 35.0 Å². The van der Waals surface area contributed by atoms with Crippen molar-refractivity contribution in [3.8, 4) is 0 Å². The Bertz CT molecular complexity index is 597. The highest BCUT2D eigenvalue weighted by Crippen LogP contribution is 2.18. The van der Waals surface area contributed by atoms with Gasteiger partial charge in [-0.05, 0) is 24.1 Å². The molecule has 0 fully saturated rings. The number of benzene rings is 1. The summed E-state index contributed by atoms with van der Waals surface area (Å²) in [5.74, 6) is 0.250. The summed E-state index contributed by atoms with van der Waals surface area (Å²) in [4.78, 5) is 23.0. The first kappa shape index (κ1) is 17.3. The van der Waals surface area contributed by atoms with Gasteiger partial charge in [0.15, 0.2) is 0 Å². The summed E-state index contributed by atoms with van der Waals surface area (Å²) in [6, 6.07) is 7.23. The molecule has 124 valence electrons. The average Bonchev–Trinajstić information content (AvgIpc) is 2.53. The normalized spacial score (nSPS) is 18.7. The van der Waals surface area contributed by atoms with Crippen LogP contribution in [0.5, 0.6) is 0 Å². The molecule has 23 heavy (non-hydrogen) atoms. The van der Waals surface area contributed by atoms with Gasteiger partial charge in [-0.2, -0.15) is 5.10 Å². The Hall–Kier alpha value is -2.08. The average molecular weight is 338 g/mol. The van der Waals surface area contributed by atoms with E-state index in [0.29, 0.717) is 18.5 Å². The van der Waals surface area contributed by atoms with Gasteiger partial charge in [0.05, 0.1) is 11.6 Å². The van der Waals surface area contributed by atoms with Gasteiger partial charge in [-0.1, -0.05) is 26.0 Å². The van der Waals surface area contributed by atoms with E-state index < -0.39 is 6.09 Å². The first-order chi connectivity index (χ1) is 11.0. The predicted molar refractivity (Wildman–Crippen MR) is 89.8 cm³/mol. The third-order valence-electron chi connectivity index (χ3n) is 3.59. The number of hydrogen-bond donors (Lipinski definition) is 2. The number of amides is 2. The number of alkyl halides is 1. The maximum Gasteiger partial charge on any atom is 0.411 e. The van der Waals surface area contributed by atoms with E-state index in [-0.39, 0.29) is 23.8 Å². The first-order valence-electron chi connectivity index (χ1n) is 7.54. The number of anilines is 1. The number of ether oxygens (including phenoxy) is 1. The predicted octanol–water partition coefficient (Wildman–Crippen LogP) is 3.11. The summed E-state index contributed by atoms with van der Waals surface area (Å²) in [6.45, 7) is 3.86. The smallest absolute Gasteiger partial charge is 0.411 e. The molecule has 1 aromatic carbocycles. The minimum atomic E-state index is -0.527. The minimum Gasteiger partial charge on any atom is -0.445 e. The van der Waals surface area contributed by atoms with Crippen molar-refractivity contribution < 1.29 is 14.3 Å². The van der Waals surface area contributed by atoms with Gasteiger partial charge < -0.3 is 4.74 Å². The van der Waals surface area contributed by atoms with Gasteiger partial charge in [0.2, 0.25) is 5.91 Å². The van der Waals surface area contributed by atoms with Crippen molar-refractivity contribution in [1.82, 2.24) is 5.43 Å². The molecule has 2 N–H and O–H groups in total. The molecule has 1 aliphatic heterocycles. The maximum absolute atomic E-state index is 11.8. The molecule has 7 heteroatoms. The molecule has 2 rings (SSSR count). The van der Waals surface area contributed by atoms with Crippen LogP contribution in [0.25, 0.3) is 0 Å². The quantitative estimate of drug-likeness (QED) is 0.810. The molecule has 0 aromatic heterocycles. The van der Waals surface area contributed by atoms with Crippen LogP contribution in [0.15, 0.2) is 29.4 Å². The van der Waals surface area contributed by atoms with Crippen LogP contribution in [0.1, 0.15) is 32.3 Å². The molecule has 2 atom stereocenters. The maximum atomic E-state index is 11.8. The van der Waals surface area contributed by atoms with Crippen LogP contribution in [0, 0.1) is 5.92 Å². The second kappa shape index (κ2) is 7.97. The molecule has 0 radical (unpaired) electrons. The highest BCUT2D eigenvalue weighted by molar-refractivity contribution is 6.18. The number of nitrogens with zero attached hydrogens (tertiary/aromatic N) is 1. The number of hydrazone groups is 1. The Morgan fingerprint density at radius 2 is 2.17 bits per heavy atom. The summed E-state index contributed by atoms with van der Waals surface area (Å²) < 4.78 is 5.17. The Balaban J connectivity index is 2.00. The second-order valence-corrected chi connectivity index (χ2v) is 5.74. The van der Waals surface area contributed by atoms with E-state index in [4.69, 9.17) is 16.3 Å². The lowest BCUT2D eigenvalue weighted by Crippen LogP contribution is -2.31. The lowest BCUT2D eigenvalue weighted by atomic mass is 9.94. The Labute approximate surface area is 140 Å². The van der Waals surface area contributed by atoms with E-state index in [0.717, 1.165) is 11.3 Å². The number of halogens is 1. The van der Waals surface area contributed by atoms with Crippen molar-refractivity contribution in [3.63, 3.8) is 0 Å². The zero-order valence-electron chi connectivity index (χ0n) is 13.1. The van der Waals surface area contributed by atoms with E-state index in [1.807, 2.05) is 26.0 Å². The van der Waals surface area contributed by atoms with Crippen molar-refractivity contribution in [1.29, 1.82) is 0 Å². The Morgan fingerprint density at radius 3 is 2.74 bits per heavy atom. The fourth-order valence-electron chi connectivity index (χ4n) is 2.25. The van der Waals surface area contributed by atoms with E-state index in [1.54, 1.807) is 12.1 Å². The molecule has 0 saturated heterocycles. The molecule has 0 spiro atoms. The molecular weight excluding hydrogens is 318 g/mol. The van der Waals surface area contributed by atoms with Crippen LogP contribution in [-0.2, 0) is 9.53 Å². The summed E-state index contributed by atoms with van der Waals surface area (Å²) in [5.41, 5.74) is 4.84. The molecule has 0 saturated carbocycles. The van der Waals surface area contributed by atoms with E-state index in [9.17, 15) is 9.59 Å². The van der Waals surface area contributed by atoms with Crippen LogP contribution in [0.3, 0.4) is 0 Å². The van der Waals surface area contributed by atoms with E-state index in [2.05, 4.69) is 15.8 Å². The number of nitrogens with one attached hydrogen (secondary N) is 2. The fourth-order valence-corrected chi connectivity index (χ4v) is 2.53. The largest absolute Gasteiger partial charge is 0.445 e. The number of rotatable bonds is 5. The minimum absolute atomic E-state index is 0.0570. The Morgan fingerprint density at radius 1 is 1.48 bits per heavy atom. The van der Waals surface area contributed by atoms with Gasteiger partial charge in [-0.15, -0.1) is 11.6 Å². The third-order valence-corrected chi connectivity index (χ3v) is 3.93. The van der Waals surface area contributed by atoms with Crippen LogP contribution in [0.2, 0.25) is 0 Å². The van der Waals surface area contributed by atoms with Crippen LogP contribution < -0.4 is 10.7 Å². The fraction of sp³-hybridized carbons (Fsp3) is 0.438. The van der Waals surface area contributed by atoms with Gasteiger partial charge in [0.25, 0.3) is 0 Å². The summed E-state index contributed by atoms with van der Waals surface area (Å²) in [7, 11) is 0. The van der Waals surface area contributed by atoms with Crippen molar-refractivity contribution in [2.45, 2.75) is 32.8 Å². The zero-order chi connectivity index (χ0) is 16.8. The molecule has 2 amide bonds. The van der Waals surface area contributed by atoms with Gasteiger partial charge in [-0.25, -0.2) is 10.2 Å². The summed E-state index contributed by atoms with van der Waals surface area (Å²) in [5, 5.41) is 6.76. The second-order valence-electron chi connectivity index (χ2n) is 5.43. The highest BCUT2D eigenvalue weighted by Gasteiger charge is 2.21. The SMILES string of the molecule is CCC(CCl)OC(=O)Nc1ccc(C2=NNC(=O)CC2C)cc1. The van der Waals surface area contributed by atoms with E-state index in [1.165, 1.54) is 0 Å². The molecular formula is C16H20ClN3O3. The van der Waals surface area contributed by atoms with Crippen molar-refractivity contribution in [3.05, 3.63) is 29.8 Å². The van der Waals surface area contributed by atoms with Crippen LogP contribution in [0.4, 0.5) is 10.5 Å². The Kier molecular flexibility index (Phi) is 5.98. The van der Waals surface area contributed by atoms with Gasteiger partial charge in [0, 0.05) is 18.0 Å². The van der Waals surface area contributed by atoms with Crippen molar-refractivity contribution in [2.24, 2.45) is 11.0 Å². The zero-order valence-corrected chi connectivity index (χ0v) is 13.9. The monoisotopic (exact) mass is 337 g/mol. The highest BCUT2D eigenvalue weighted by atomic mass is 35.5. The third kappa shape index (κ3) is 4.69. The molecule has 0 bridgehead atoms. The molecule has 0 aliphatic carbocycles. The number of hydrogen-bond acceptors (Lipinski definition) is 4. The molecule has 1 aliphatic rings. The van der Waals surface area contributed by atoms with Crippen LogP contribution >= 0.6 is 11.6 Å². The number of carbonyl (C=O) groups is 2. The topological polar surface area (TPSA) is 79.8 Å². The molecule has 1 heterocycles. The van der Waals surface area contributed by atoms with Crippen molar-refractivity contribution in [2.75, 3.05) is 11.2 Å². The van der Waals surface area contributed by atoms with Crippen LogP contribution in [-0.4, -0.2) is 29.7 Å². The molecule has 6 nitrogen and oxygen atoms in total. The standard InChI is InChI=1S/C16H20ClN3O3/c1-3-13(9-17)23-16(22)18-12-6-4-11(5-7-12)15-10(2)8-14(21)19-20-15/h4-7,10,13H,3,8-9H2,1-2H3,(H,18,22)(H,19,21). The summed E-state index contributed by atoms with van der Waals surface area (Å²) in [6.07, 6.45) is 0.263. The van der Waals surface area contributed by atoms with Gasteiger partial charge in [0.1, 0.15) is 6.10 Å². The first-order valence-corrected chi connectivity index (χ1v) is 8.07. The number of carbonyl (C=O) groups excluding carboxylic acids is 2. The van der Waals surface area contributed by atoms with Gasteiger partial charge >= 0.3 is 6.09 Å². The molecule has 2 unspecified atom stereocenters. The molecule has 1 aromatic rings. The summed E-state index contributed by atoms with van der Waals surface area (Å²) >= 11 is 5.70.